The summed E-state index contributed by atoms with van der Waals surface area (Å²) in [5, 5.41) is 9.55. The molecule has 0 aliphatic rings. The first-order valence-corrected chi connectivity index (χ1v) is 6.86. The van der Waals surface area contributed by atoms with Gasteiger partial charge in [-0.05, 0) is 19.1 Å². The van der Waals surface area contributed by atoms with Crippen LogP contribution in [0.2, 0.25) is 0 Å². The molecule has 0 saturated carbocycles. The van der Waals surface area contributed by atoms with Gasteiger partial charge in [0.1, 0.15) is 11.9 Å². The smallest absolute Gasteiger partial charge is 0.366 e. The lowest BCUT2D eigenvalue weighted by Crippen LogP contribution is -2.20. The maximum Gasteiger partial charge on any atom is 0.366 e. The van der Waals surface area contributed by atoms with Crippen LogP contribution in [0.4, 0.5) is 0 Å². The molecule has 0 bridgehead atoms. The van der Waals surface area contributed by atoms with Crippen LogP contribution in [0, 0.1) is 18.3 Å². The summed E-state index contributed by atoms with van der Waals surface area (Å²) in [5.41, 5.74) is 6.74. The fraction of sp³-hybridized carbons (Fsp3) is 0.0625. The van der Waals surface area contributed by atoms with Crippen molar-refractivity contribution in [3.05, 3.63) is 59.3 Å². The maximum atomic E-state index is 12.3. The Balaban J connectivity index is 2.11. The van der Waals surface area contributed by atoms with Crippen LogP contribution in [0.15, 0.2) is 36.9 Å². The molecule has 8 nitrogen and oxygen atoms in total. The fourth-order valence-electron chi connectivity index (χ4n) is 2.34. The number of carbonyl (C=O) groups excluding carboxylic acids is 2. The van der Waals surface area contributed by atoms with Crippen molar-refractivity contribution in [3.8, 4) is 6.07 Å². The van der Waals surface area contributed by atoms with Gasteiger partial charge in [-0.25, -0.2) is 14.8 Å². The number of fused-ring (bicyclic) bond motifs is 1. The highest BCUT2D eigenvalue weighted by Gasteiger charge is 2.20. The molecular formula is C16H11N5O3. The maximum absolute atomic E-state index is 12.3. The first-order valence-electron chi connectivity index (χ1n) is 6.86. The third-order valence-electron chi connectivity index (χ3n) is 3.49. The number of hydrogen-bond acceptors (Lipinski definition) is 6. The lowest BCUT2D eigenvalue weighted by Gasteiger charge is -2.07. The molecule has 0 unspecified atom stereocenters. The number of nitriles is 1. The molecular weight excluding hydrogens is 310 g/mol. The minimum atomic E-state index is -0.725. The molecule has 1 aromatic carbocycles. The molecule has 2 aromatic heterocycles. The van der Waals surface area contributed by atoms with Crippen LogP contribution in [0.3, 0.4) is 0 Å². The highest BCUT2D eigenvalue weighted by atomic mass is 16.7. The number of carbonyl (C=O) groups is 2. The summed E-state index contributed by atoms with van der Waals surface area (Å²) >= 11 is 0. The molecule has 0 fully saturated rings. The number of benzene rings is 1. The number of aromatic nitrogens is 3. The molecule has 118 valence electrons. The zero-order valence-corrected chi connectivity index (χ0v) is 12.6. The number of hydrogen-bond donors (Lipinski definition) is 1. The van der Waals surface area contributed by atoms with E-state index in [-0.39, 0.29) is 16.7 Å². The number of rotatable bonds is 3. The van der Waals surface area contributed by atoms with Gasteiger partial charge in [-0.1, -0.05) is 6.07 Å². The van der Waals surface area contributed by atoms with Gasteiger partial charge in [-0.2, -0.15) is 9.99 Å². The van der Waals surface area contributed by atoms with E-state index in [1.165, 1.54) is 18.7 Å². The first kappa shape index (κ1) is 15.2. The molecule has 2 N–H and O–H groups in total. The van der Waals surface area contributed by atoms with E-state index >= 15 is 0 Å². The summed E-state index contributed by atoms with van der Waals surface area (Å²) in [6.45, 7) is 1.65. The second kappa shape index (κ2) is 5.81. The summed E-state index contributed by atoms with van der Waals surface area (Å²) in [6.07, 6.45) is 3.94. The molecule has 0 atom stereocenters. The normalized spacial score (nSPS) is 10.3. The van der Waals surface area contributed by atoms with Crippen molar-refractivity contribution in [3.63, 3.8) is 0 Å². The Hall–Kier alpha value is -3.73. The molecule has 0 radical (unpaired) electrons. The number of nitrogens with zero attached hydrogens (tertiary/aromatic N) is 4. The largest absolute Gasteiger partial charge is 0.366 e. The minimum Gasteiger partial charge on any atom is -0.366 e. The van der Waals surface area contributed by atoms with Gasteiger partial charge in [-0.15, -0.1) is 0 Å². The van der Waals surface area contributed by atoms with Gasteiger partial charge in [0, 0.05) is 11.6 Å². The first-order chi connectivity index (χ1) is 11.5. The number of aryl methyl sites for hydroxylation is 1. The van der Waals surface area contributed by atoms with Crippen LogP contribution in [-0.4, -0.2) is 26.6 Å². The number of nitrogens with two attached hydrogens (primary N) is 1. The van der Waals surface area contributed by atoms with Crippen LogP contribution in [-0.2, 0) is 0 Å². The third kappa shape index (κ3) is 2.44. The van der Waals surface area contributed by atoms with Gasteiger partial charge >= 0.3 is 5.97 Å². The molecule has 0 aliphatic heterocycles. The Morgan fingerprint density at radius 2 is 2.12 bits per heavy atom. The average molecular weight is 321 g/mol. The molecule has 8 heteroatoms. The predicted molar refractivity (Wildman–Crippen MR) is 82.9 cm³/mol. The van der Waals surface area contributed by atoms with Crippen molar-refractivity contribution in [2.75, 3.05) is 0 Å². The topological polar surface area (TPSA) is 124 Å². The van der Waals surface area contributed by atoms with E-state index in [4.69, 9.17) is 10.6 Å². The minimum absolute atomic E-state index is 0.0935. The van der Waals surface area contributed by atoms with Crippen LogP contribution in [0.25, 0.3) is 10.9 Å². The van der Waals surface area contributed by atoms with Crippen molar-refractivity contribution in [1.29, 1.82) is 5.26 Å². The van der Waals surface area contributed by atoms with Crippen molar-refractivity contribution in [2.45, 2.75) is 6.92 Å². The van der Waals surface area contributed by atoms with Crippen molar-refractivity contribution >= 4 is 22.8 Å². The summed E-state index contributed by atoms with van der Waals surface area (Å²) in [7, 11) is 0. The summed E-state index contributed by atoms with van der Waals surface area (Å²) in [6, 6.07) is 6.78. The molecule has 3 aromatic rings. The SMILES string of the molecule is Cc1ncncc1C(=O)On1cc(C(N)=O)c2c(C#N)cccc21. The second-order valence-corrected chi connectivity index (χ2v) is 4.94. The van der Waals surface area contributed by atoms with Gasteiger partial charge < -0.3 is 10.6 Å². The van der Waals surface area contributed by atoms with E-state index in [2.05, 4.69) is 9.97 Å². The van der Waals surface area contributed by atoms with Crippen LogP contribution < -0.4 is 10.6 Å². The summed E-state index contributed by atoms with van der Waals surface area (Å²) < 4.78 is 1.12. The predicted octanol–water partition coefficient (Wildman–Crippen LogP) is 0.979. The lowest BCUT2D eigenvalue weighted by molar-refractivity contribution is 0.0479. The van der Waals surface area contributed by atoms with Crippen LogP contribution >= 0.6 is 0 Å². The molecule has 0 aliphatic carbocycles. The Labute approximate surface area is 136 Å². The average Bonchev–Trinajstić information content (AvgIpc) is 2.94. The molecule has 3 rings (SSSR count). The van der Waals surface area contributed by atoms with Gasteiger partial charge in [-0.3, -0.25) is 4.79 Å². The molecule has 1 amide bonds. The zero-order chi connectivity index (χ0) is 17.3. The van der Waals surface area contributed by atoms with E-state index < -0.39 is 11.9 Å². The van der Waals surface area contributed by atoms with Crippen LogP contribution in [0.5, 0.6) is 0 Å². The van der Waals surface area contributed by atoms with Crippen molar-refractivity contribution < 1.29 is 14.4 Å². The van der Waals surface area contributed by atoms with E-state index in [0.717, 1.165) is 4.73 Å². The monoisotopic (exact) mass is 321 g/mol. The van der Waals surface area contributed by atoms with Gasteiger partial charge in [0.25, 0.3) is 5.91 Å². The molecule has 0 saturated heterocycles. The molecule has 24 heavy (non-hydrogen) atoms. The highest BCUT2D eigenvalue weighted by Crippen LogP contribution is 2.24. The standard InChI is InChI=1S/C16H11N5O3/c1-9-11(6-19-8-20-9)16(23)24-21-7-12(15(18)22)14-10(5-17)3-2-4-13(14)21/h2-4,6-8H,1H3,(H2,18,22). The van der Waals surface area contributed by atoms with Crippen LogP contribution in [0.1, 0.15) is 32.0 Å². The Kier molecular flexibility index (Phi) is 3.67. The molecule has 2 heterocycles. The van der Waals surface area contributed by atoms with Gasteiger partial charge in [0.2, 0.25) is 0 Å². The molecule has 0 spiro atoms. The van der Waals surface area contributed by atoms with E-state index in [1.54, 1.807) is 25.1 Å². The van der Waals surface area contributed by atoms with Gasteiger partial charge in [0.15, 0.2) is 0 Å². The summed E-state index contributed by atoms with van der Waals surface area (Å²) in [5.74, 6) is -1.42. The Bertz CT molecular complexity index is 1020. The van der Waals surface area contributed by atoms with E-state index in [1.807, 2.05) is 6.07 Å². The lowest BCUT2D eigenvalue weighted by atomic mass is 10.1. The second-order valence-electron chi connectivity index (χ2n) is 4.94. The fourth-order valence-corrected chi connectivity index (χ4v) is 2.34. The van der Waals surface area contributed by atoms with E-state index in [0.29, 0.717) is 16.6 Å². The van der Waals surface area contributed by atoms with Gasteiger partial charge in [0.05, 0.1) is 34.6 Å². The van der Waals surface area contributed by atoms with Crippen molar-refractivity contribution in [2.24, 2.45) is 5.73 Å². The third-order valence-corrected chi connectivity index (χ3v) is 3.49. The highest BCUT2D eigenvalue weighted by molar-refractivity contribution is 6.08. The Morgan fingerprint density at radius 1 is 1.33 bits per heavy atom. The van der Waals surface area contributed by atoms with Crippen molar-refractivity contribution in [1.82, 2.24) is 14.7 Å². The number of amides is 1. The van der Waals surface area contributed by atoms with E-state index in [9.17, 15) is 14.9 Å². The Morgan fingerprint density at radius 3 is 2.79 bits per heavy atom. The zero-order valence-electron chi connectivity index (χ0n) is 12.6. The quantitative estimate of drug-likeness (QED) is 0.766. The summed E-state index contributed by atoms with van der Waals surface area (Å²) in [4.78, 5) is 37.0. The number of primary amides is 1.